The number of aromatic nitrogens is 3. The van der Waals surface area contributed by atoms with Gasteiger partial charge in [0.25, 0.3) is 5.56 Å². The molecule has 2 aromatic carbocycles. The average Bonchev–Trinajstić information content (AvgIpc) is 3.28. The SMILES string of the molecule is COc1ccc([C@@H](C)c2c(C)nc3c(N4CCCCC4)c(-c4ccccc4)[nH]n3c2=O)cc1OC. The fourth-order valence-corrected chi connectivity index (χ4v) is 5.19. The van der Waals surface area contributed by atoms with Gasteiger partial charge in [-0.3, -0.25) is 9.89 Å². The van der Waals surface area contributed by atoms with Gasteiger partial charge >= 0.3 is 0 Å². The molecule has 3 heterocycles. The Hall–Kier alpha value is -3.74. The molecule has 1 fully saturated rings. The molecule has 5 rings (SSSR count). The molecule has 1 atom stereocenters. The molecule has 1 aliphatic heterocycles. The van der Waals surface area contributed by atoms with Crippen LogP contribution in [0.5, 0.6) is 11.5 Å². The number of benzene rings is 2. The lowest BCUT2D eigenvalue weighted by atomic mass is 9.92. The van der Waals surface area contributed by atoms with Gasteiger partial charge in [0.2, 0.25) is 0 Å². The maximum absolute atomic E-state index is 13.9. The fourth-order valence-electron chi connectivity index (χ4n) is 5.19. The molecular weight excluding hydrogens is 440 g/mol. The van der Waals surface area contributed by atoms with Crippen LogP contribution in [0.25, 0.3) is 16.9 Å². The number of hydrogen-bond donors (Lipinski definition) is 1. The lowest BCUT2D eigenvalue weighted by molar-refractivity contribution is 0.354. The standard InChI is InChI=1S/C28H32N4O3/c1-18(21-13-14-22(34-3)23(17-21)35-4)24-19(2)29-27-26(31-15-9-6-10-16-31)25(30-32(27)28(24)33)20-11-7-5-8-12-20/h5,7-8,11-14,17-18,30H,6,9-10,15-16H2,1-4H3/t18-/m1/s1. The first-order valence-corrected chi connectivity index (χ1v) is 12.2. The summed E-state index contributed by atoms with van der Waals surface area (Å²) < 4.78 is 12.5. The van der Waals surface area contributed by atoms with E-state index in [4.69, 9.17) is 14.5 Å². The average molecular weight is 473 g/mol. The lowest BCUT2D eigenvalue weighted by Gasteiger charge is -2.28. The second-order valence-electron chi connectivity index (χ2n) is 9.16. The Morgan fingerprint density at radius 1 is 0.971 bits per heavy atom. The third-order valence-corrected chi connectivity index (χ3v) is 7.06. The summed E-state index contributed by atoms with van der Waals surface area (Å²) in [5, 5.41) is 3.42. The summed E-state index contributed by atoms with van der Waals surface area (Å²) in [4.78, 5) is 21.3. The summed E-state index contributed by atoms with van der Waals surface area (Å²) in [6.45, 7) is 5.90. The highest BCUT2D eigenvalue weighted by Crippen LogP contribution is 2.36. The highest BCUT2D eigenvalue weighted by molar-refractivity contribution is 5.86. The minimum atomic E-state index is -0.173. The molecule has 0 bridgehead atoms. The maximum atomic E-state index is 13.9. The number of H-pyrrole nitrogens is 1. The van der Waals surface area contributed by atoms with E-state index < -0.39 is 0 Å². The molecule has 0 amide bonds. The van der Waals surface area contributed by atoms with Crippen molar-refractivity contribution in [3.05, 3.63) is 75.7 Å². The Bertz CT molecular complexity index is 1400. The topological polar surface area (TPSA) is 71.9 Å². The molecule has 0 aliphatic carbocycles. The van der Waals surface area contributed by atoms with Crippen molar-refractivity contribution in [2.45, 2.75) is 39.0 Å². The van der Waals surface area contributed by atoms with Crippen LogP contribution in [-0.4, -0.2) is 41.9 Å². The van der Waals surface area contributed by atoms with Gasteiger partial charge in [0.15, 0.2) is 17.1 Å². The van der Waals surface area contributed by atoms with Crippen molar-refractivity contribution in [1.29, 1.82) is 0 Å². The van der Waals surface area contributed by atoms with Crippen LogP contribution in [0.15, 0.2) is 53.3 Å². The van der Waals surface area contributed by atoms with Gasteiger partial charge in [0.1, 0.15) is 5.69 Å². The Labute approximate surface area is 205 Å². The smallest absolute Gasteiger partial charge is 0.276 e. The second-order valence-corrected chi connectivity index (χ2v) is 9.16. The predicted octanol–water partition coefficient (Wildman–Crippen LogP) is 5.16. The van der Waals surface area contributed by atoms with Crippen LogP contribution < -0.4 is 19.9 Å². The zero-order valence-electron chi connectivity index (χ0n) is 20.8. The third kappa shape index (κ3) is 4.05. The number of aromatic amines is 1. The predicted molar refractivity (Wildman–Crippen MR) is 139 cm³/mol. The zero-order valence-corrected chi connectivity index (χ0v) is 20.8. The Morgan fingerprint density at radius 2 is 1.69 bits per heavy atom. The van der Waals surface area contributed by atoms with Gasteiger partial charge < -0.3 is 14.4 Å². The van der Waals surface area contributed by atoms with Crippen LogP contribution >= 0.6 is 0 Å². The van der Waals surface area contributed by atoms with E-state index in [1.54, 1.807) is 18.7 Å². The van der Waals surface area contributed by atoms with Crippen molar-refractivity contribution in [2.75, 3.05) is 32.2 Å². The van der Waals surface area contributed by atoms with E-state index in [1.807, 2.05) is 50.2 Å². The van der Waals surface area contributed by atoms with E-state index in [1.165, 1.54) is 6.42 Å². The van der Waals surface area contributed by atoms with E-state index in [9.17, 15) is 4.79 Å². The van der Waals surface area contributed by atoms with Crippen molar-refractivity contribution in [3.63, 3.8) is 0 Å². The zero-order chi connectivity index (χ0) is 24.5. The number of nitrogens with zero attached hydrogens (tertiary/aromatic N) is 3. The van der Waals surface area contributed by atoms with Crippen molar-refractivity contribution in [2.24, 2.45) is 0 Å². The molecule has 0 saturated carbocycles. The Morgan fingerprint density at radius 3 is 2.37 bits per heavy atom. The van der Waals surface area contributed by atoms with Gasteiger partial charge in [-0.2, -0.15) is 4.52 Å². The Kier molecular flexibility index (Phi) is 6.24. The molecule has 7 nitrogen and oxygen atoms in total. The number of ether oxygens (including phenoxy) is 2. The molecule has 0 radical (unpaired) electrons. The molecule has 182 valence electrons. The van der Waals surface area contributed by atoms with Crippen LogP contribution in [0.4, 0.5) is 5.69 Å². The van der Waals surface area contributed by atoms with Crippen LogP contribution in [0.1, 0.15) is 48.9 Å². The minimum absolute atomic E-state index is 0.0739. The number of nitrogens with one attached hydrogen (secondary N) is 1. The first-order valence-electron chi connectivity index (χ1n) is 12.2. The molecule has 7 heteroatoms. The first kappa shape index (κ1) is 23.0. The molecule has 1 aliphatic rings. The van der Waals surface area contributed by atoms with Crippen molar-refractivity contribution >= 4 is 11.3 Å². The number of hydrogen-bond acceptors (Lipinski definition) is 5. The summed E-state index contributed by atoms with van der Waals surface area (Å²) in [7, 11) is 3.23. The highest BCUT2D eigenvalue weighted by Gasteiger charge is 2.26. The lowest BCUT2D eigenvalue weighted by Crippen LogP contribution is -2.30. The normalized spacial score (nSPS) is 14.8. The number of anilines is 1. The molecule has 0 unspecified atom stereocenters. The minimum Gasteiger partial charge on any atom is -0.493 e. The first-order chi connectivity index (χ1) is 17.0. The molecule has 35 heavy (non-hydrogen) atoms. The summed E-state index contributed by atoms with van der Waals surface area (Å²) in [6.07, 6.45) is 3.52. The van der Waals surface area contributed by atoms with Crippen molar-refractivity contribution < 1.29 is 9.47 Å². The number of aryl methyl sites for hydroxylation is 1. The van der Waals surface area contributed by atoms with Crippen LogP contribution in [0.3, 0.4) is 0 Å². The van der Waals surface area contributed by atoms with Crippen LogP contribution in [-0.2, 0) is 0 Å². The fraction of sp³-hybridized carbons (Fsp3) is 0.357. The van der Waals surface area contributed by atoms with Gasteiger partial charge in [-0.05, 0) is 43.9 Å². The van der Waals surface area contributed by atoms with E-state index in [0.29, 0.717) is 22.7 Å². The van der Waals surface area contributed by atoms with Gasteiger partial charge in [-0.1, -0.05) is 43.3 Å². The number of rotatable bonds is 6. The second kappa shape index (κ2) is 9.49. The van der Waals surface area contributed by atoms with Gasteiger partial charge in [0.05, 0.1) is 19.9 Å². The Balaban J connectivity index is 1.69. The maximum Gasteiger partial charge on any atom is 0.276 e. The number of piperidine rings is 1. The van der Waals surface area contributed by atoms with Gasteiger partial charge in [-0.15, -0.1) is 0 Å². The molecule has 1 N–H and O–H groups in total. The highest BCUT2D eigenvalue weighted by atomic mass is 16.5. The van der Waals surface area contributed by atoms with E-state index in [-0.39, 0.29) is 11.5 Å². The van der Waals surface area contributed by atoms with Crippen molar-refractivity contribution in [1.82, 2.24) is 14.6 Å². The molecule has 0 spiro atoms. The van der Waals surface area contributed by atoms with Crippen LogP contribution in [0.2, 0.25) is 0 Å². The van der Waals surface area contributed by atoms with Crippen LogP contribution in [0, 0.1) is 6.92 Å². The summed E-state index contributed by atoms with van der Waals surface area (Å²) in [5.74, 6) is 1.13. The summed E-state index contributed by atoms with van der Waals surface area (Å²) in [6, 6.07) is 16.0. The monoisotopic (exact) mass is 472 g/mol. The van der Waals surface area contributed by atoms with Gasteiger partial charge in [0, 0.05) is 35.8 Å². The summed E-state index contributed by atoms with van der Waals surface area (Å²) >= 11 is 0. The van der Waals surface area contributed by atoms with E-state index >= 15 is 0 Å². The number of fused-ring (bicyclic) bond motifs is 1. The van der Waals surface area contributed by atoms with E-state index in [0.717, 1.165) is 54.1 Å². The molecule has 2 aromatic heterocycles. The van der Waals surface area contributed by atoms with E-state index in [2.05, 4.69) is 22.1 Å². The van der Waals surface area contributed by atoms with Crippen molar-refractivity contribution in [3.8, 4) is 22.8 Å². The molecule has 1 saturated heterocycles. The third-order valence-electron chi connectivity index (χ3n) is 7.06. The summed E-state index contributed by atoms with van der Waals surface area (Å²) in [5.41, 5.74) is 6.00. The molecule has 4 aromatic rings. The molecular formula is C28H32N4O3. The number of methoxy groups -OCH3 is 2. The quantitative estimate of drug-likeness (QED) is 0.420. The van der Waals surface area contributed by atoms with Gasteiger partial charge in [-0.25, -0.2) is 4.98 Å². The largest absolute Gasteiger partial charge is 0.493 e.